The Hall–Kier alpha value is -4.36. The third-order valence-electron chi connectivity index (χ3n) is 12.1. The maximum Gasteiger partial charge on any atom is 0.0464 e. The number of nitrogens with one attached hydrogen (secondary N) is 1. The predicted molar refractivity (Wildman–Crippen MR) is 182 cm³/mol. The van der Waals surface area contributed by atoms with E-state index in [4.69, 9.17) is 0 Å². The first-order chi connectivity index (χ1) is 21.5. The third-order valence-corrected chi connectivity index (χ3v) is 12.1. The molecule has 1 spiro atoms. The molecule has 0 heterocycles. The van der Waals surface area contributed by atoms with E-state index < -0.39 is 0 Å². The third kappa shape index (κ3) is 3.10. The molecule has 1 nitrogen and oxygen atoms in total. The molecule has 0 saturated heterocycles. The van der Waals surface area contributed by atoms with E-state index in [1.54, 1.807) is 16.7 Å². The lowest BCUT2D eigenvalue weighted by Gasteiger charge is -2.56. The second kappa shape index (κ2) is 8.63. The van der Waals surface area contributed by atoms with Crippen LogP contribution in [0.5, 0.6) is 0 Å². The van der Waals surface area contributed by atoms with Gasteiger partial charge in [-0.15, -0.1) is 0 Å². The second-order valence-electron chi connectivity index (χ2n) is 14.6. The summed E-state index contributed by atoms with van der Waals surface area (Å²) in [5.41, 5.74) is 18.2. The van der Waals surface area contributed by atoms with Crippen LogP contribution in [0.1, 0.15) is 61.8 Å². The van der Waals surface area contributed by atoms with Gasteiger partial charge in [-0.2, -0.15) is 0 Å². The molecule has 1 heteroatoms. The van der Waals surface area contributed by atoms with Gasteiger partial charge in [0, 0.05) is 27.8 Å². The summed E-state index contributed by atoms with van der Waals surface area (Å²) < 4.78 is 0. The van der Waals surface area contributed by atoms with Crippen molar-refractivity contribution in [2.45, 2.75) is 50.4 Å². The first-order valence-corrected chi connectivity index (χ1v) is 16.6. The molecular formula is C43H37N. The van der Waals surface area contributed by atoms with Crippen LogP contribution in [0.15, 0.2) is 121 Å². The van der Waals surface area contributed by atoms with Gasteiger partial charge in [-0.05, 0) is 112 Å². The molecule has 6 aliphatic rings. The highest BCUT2D eigenvalue weighted by Gasteiger charge is 2.58. The highest BCUT2D eigenvalue weighted by atomic mass is 14.9. The Morgan fingerprint density at radius 1 is 0.591 bits per heavy atom. The summed E-state index contributed by atoms with van der Waals surface area (Å²) in [4.78, 5) is 0. The molecule has 4 bridgehead atoms. The molecule has 2 saturated carbocycles. The van der Waals surface area contributed by atoms with E-state index in [0.717, 1.165) is 23.2 Å². The molecule has 0 aliphatic heterocycles. The number of rotatable bonds is 3. The summed E-state index contributed by atoms with van der Waals surface area (Å²) in [5.74, 6) is 2.39. The van der Waals surface area contributed by atoms with Crippen molar-refractivity contribution in [3.8, 4) is 33.4 Å². The fraction of sp³-hybridized carbons (Fsp3) is 0.256. The van der Waals surface area contributed by atoms with E-state index in [0.29, 0.717) is 5.92 Å². The minimum absolute atomic E-state index is 0.0191. The summed E-state index contributed by atoms with van der Waals surface area (Å²) in [6.45, 7) is 4.71. The molecule has 0 radical (unpaired) electrons. The van der Waals surface area contributed by atoms with Gasteiger partial charge in [0.1, 0.15) is 0 Å². The number of para-hydroxylation sites is 1. The van der Waals surface area contributed by atoms with Crippen LogP contribution in [-0.4, -0.2) is 0 Å². The summed E-state index contributed by atoms with van der Waals surface area (Å²) in [5, 5.41) is 3.89. The van der Waals surface area contributed by atoms with E-state index in [2.05, 4.69) is 134 Å². The molecule has 6 aliphatic carbocycles. The van der Waals surface area contributed by atoms with Crippen LogP contribution in [0.25, 0.3) is 33.4 Å². The molecule has 0 amide bonds. The number of anilines is 2. The van der Waals surface area contributed by atoms with Crippen LogP contribution >= 0.6 is 0 Å². The Labute approximate surface area is 260 Å². The Kier molecular flexibility index (Phi) is 4.91. The SMILES string of the molecule is CC1(C)c2ccccc2-c2ccc(Nc3ccccc3-c3cccc4c3-c3ccccc3C43C4=CC5CC(C4)CC3C5)cc21. The first kappa shape index (κ1) is 25.0. The minimum Gasteiger partial charge on any atom is -0.355 e. The van der Waals surface area contributed by atoms with Crippen LogP contribution in [0, 0.1) is 17.8 Å². The van der Waals surface area contributed by atoms with Gasteiger partial charge in [0.2, 0.25) is 0 Å². The standard InChI is InChI=1S/C43H37N/c1-42(2)36-14-6-3-10-31(36)32-19-18-30(25-39(32)42)44-40-17-8-5-11-33(40)34-13-9-16-38-41(34)35-12-4-7-15-37(35)43(38)28-21-26-20-27(23-28)24-29(43)22-26/h3-19,21,25-27,29,44H,20,22-24H2,1-2H3. The zero-order valence-electron chi connectivity index (χ0n) is 25.5. The average Bonchev–Trinajstić information content (AvgIpc) is 3.46. The first-order valence-electron chi connectivity index (χ1n) is 16.6. The van der Waals surface area contributed by atoms with Crippen molar-refractivity contribution in [1.29, 1.82) is 0 Å². The molecule has 11 rings (SSSR count). The van der Waals surface area contributed by atoms with Gasteiger partial charge in [-0.25, -0.2) is 0 Å². The maximum absolute atomic E-state index is 3.89. The predicted octanol–water partition coefficient (Wildman–Crippen LogP) is 11.0. The Balaban J connectivity index is 1.12. The molecule has 4 unspecified atom stereocenters. The monoisotopic (exact) mass is 567 g/mol. The van der Waals surface area contributed by atoms with E-state index in [1.165, 1.54) is 70.2 Å². The van der Waals surface area contributed by atoms with Crippen LogP contribution in [-0.2, 0) is 10.8 Å². The minimum atomic E-state index is -0.0191. The van der Waals surface area contributed by atoms with Crippen molar-refractivity contribution in [2.75, 3.05) is 5.32 Å². The fourth-order valence-corrected chi connectivity index (χ4v) is 10.5. The highest BCUT2D eigenvalue weighted by molar-refractivity contribution is 5.97. The number of hydrogen-bond donors (Lipinski definition) is 1. The molecule has 2 fully saturated rings. The van der Waals surface area contributed by atoms with Gasteiger partial charge in [0.05, 0.1) is 0 Å². The quantitative estimate of drug-likeness (QED) is 0.214. The van der Waals surface area contributed by atoms with Gasteiger partial charge < -0.3 is 5.32 Å². The van der Waals surface area contributed by atoms with Crippen LogP contribution in [0.2, 0.25) is 0 Å². The van der Waals surface area contributed by atoms with Crippen molar-refractivity contribution in [3.63, 3.8) is 0 Å². The molecular weight excluding hydrogens is 530 g/mol. The maximum atomic E-state index is 3.89. The number of fused-ring (bicyclic) bond motifs is 6. The lowest BCUT2D eigenvalue weighted by Crippen LogP contribution is -2.49. The van der Waals surface area contributed by atoms with Crippen molar-refractivity contribution < 1.29 is 0 Å². The molecule has 1 N–H and O–H groups in total. The number of benzene rings is 5. The molecule has 4 atom stereocenters. The Morgan fingerprint density at radius 3 is 2.14 bits per heavy atom. The zero-order valence-corrected chi connectivity index (χ0v) is 25.5. The molecule has 0 aromatic heterocycles. The highest BCUT2D eigenvalue weighted by Crippen LogP contribution is 2.68. The van der Waals surface area contributed by atoms with Gasteiger partial charge >= 0.3 is 0 Å². The molecule has 214 valence electrons. The summed E-state index contributed by atoms with van der Waals surface area (Å²) in [6.07, 6.45) is 8.11. The number of hydrogen-bond acceptors (Lipinski definition) is 1. The normalized spacial score (nSPS) is 25.8. The lowest BCUT2D eigenvalue weighted by molar-refractivity contribution is 0.114. The van der Waals surface area contributed by atoms with Gasteiger partial charge in [0.25, 0.3) is 0 Å². The molecule has 44 heavy (non-hydrogen) atoms. The zero-order chi connectivity index (χ0) is 29.2. The van der Waals surface area contributed by atoms with Crippen LogP contribution in [0.3, 0.4) is 0 Å². The van der Waals surface area contributed by atoms with Crippen LogP contribution < -0.4 is 5.32 Å². The summed E-state index contributed by atoms with van der Waals surface area (Å²) in [7, 11) is 0. The van der Waals surface area contributed by atoms with Gasteiger partial charge in [-0.3, -0.25) is 0 Å². The van der Waals surface area contributed by atoms with Crippen molar-refractivity contribution >= 4 is 11.4 Å². The molecule has 5 aromatic carbocycles. The van der Waals surface area contributed by atoms with Crippen molar-refractivity contribution in [1.82, 2.24) is 0 Å². The Morgan fingerprint density at radius 2 is 1.30 bits per heavy atom. The topological polar surface area (TPSA) is 12.0 Å². The lowest BCUT2D eigenvalue weighted by atomic mass is 9.47. The summed E-state index contributed by atoms with van der Waals surface area (Å²) in [6, 6.07) is 41.3. The fourth-order valence-electron chi connectivity index (χ4n) is 10.5. The van der Waals surface area contributed by atoms with E-state index in [-0.39, 0.29) is 10.8 Å². The Bertz CT molecular complexity index is 2060. The second-order valence-corrected chi connectivity index (χ2v) is 14.6. The summed E-state index contributed by atoms with van der Waals surface area (Å²) >= 11 is 0. The number of allylic oxidation sites excluding steroid dienone is 2. The van der Waals surface area contributed by atoms with Gasteiger partial charge in [-0.1, -0.05) is 116 Å². The van der Waals surface area contributed by atoms with Crippen molar-refractivity contribution in [3.05, 3.63) is 143 Å². The van der Waals surface area contributed by atoms with Crippen LogP contribution in [0.4, 0.5) is 11.4 Å². The van der Waals surface area contributed by atoms with Crippen molar-refractivity contribution in [2.24, 2.45) is 17.8 Å². The van der Waals surface area contributed by atoms with Gasteiger partial charge in [0.15, 0.2) is 0 Å². The smallest absolute Gasteiger partial charge is 0.0464 e. The van der Waals surface area contributed by atoms with E-state index >= 15 is 0 Å². The van der Waals surface area contributed by atoms with E-state index in [1.807, 2.05) is 0 Å². The average molecular weight is 568 g/mol. The largest absolute Gasteiger partial charge is 0.355 e. The van der Waals surface area contributed by atoms with E-state index in [9.17, 15) is 0 Å². The molecule has 5 aromatic rings.